The van der Waals surface area contributed by atoms with Gasteiger partial charge in [-0.3, -0.25) is 4.99 Å². The standard InChI is InChI=1S/C21H18ClNS/c1-15-3-8-19(13-16(15)2)23-14-17-4-9-20(10-5-17)24-21-11-6-18(22)7-12-21/h3-14H,1-2H3. The summed E-state index contributed by atoms with van der Waals surface area (Å²) in [5.41, 5.74) is 4.63. The van der Waals surface area contributed by atoms with E-state index in [2.05, 4.69) is 55.2 Å². The van der Waals surface area contributed by atoms with Crippen molar-refractivity contribution in [1.29, 1.82) is 0 Å². The second-order valence-electron chi connectivity index (χ2n) is 5.65. The molecule has 0 radical (unpaired) electrons. The van der Waals surface area contributed by atoms with E-state index in [4.69, 9.17) is 11.6 Å². The zero-order valence-corrected chi connectivity index (χ0v) is 15.2. The predicted molar refractivity (Wildman–Crippen MR) is 105 cm³/mol. The fraction of sp³-hybridized carbons (Fsp3) is 0.0952. The van der Waals surface area contributed by atoms with Gasteiger partial charge < -0.3 is 0 Å². The molecule has 0 saturated carbocycles. The first kappa shape index (κ1) is 16.8. The fourth-order valence-corrected chi connectivity index (χ4v) is 3.16. The Kier molecular flexibility index (Phi) is 5.39. The van der Waals surface area contributed by atoms with Gasteiger partial charge in [0.15, 0.2) is 0 Å². The number of hydrogen-bond donors (Lipinski definition) is 0. The van der Waals surface area contributed by atoms with Crippen molar-refractivity contribution in [3.05, 3.63) is 88.4 Å². The average Bonchev–Trinajstić information content (AvgIpc) is 2.59. The van der Waals surface area contributed by atoms with Crippen molar-refractivity contribution in [2.75, 3.05) is 0 Å². The molecule has 0 heterocycles. The molecule has 0 amide bonds. The Labute approximate surface area is 152 Å². The second-order valence-corrected chi connectivity index (χ2v) is 7.24. The van der Waals surface area contributed by atoms with Crippen LogP contribution >= 0.6 is 23.4 Å². The zero-order chi connectivity index (χ0) is 16.9. The van der Waals surface area contributed by atoms with E-state index >= 15 is 0 Å². The minimum atomic E-state index is 0.761. The van der Waals surface area contributed by atoms with Crippen molar-refractivity contribution in [2.45, 2.75) is 23.6 Å². The van der Waals surface area contributed by atoms with Gasteiger partial charge in [-0.25, -0.2) is 0 Å². The van der Waals surface area contributed by atoms with Gasteiger partial charge in [0, 0.05) is 21.0 Å². The van der Waals surface area contributed by atoms with Crippen LogP contribution in [0.4, 0.5) is 5.69 Å². The predicted octanol–water partition coefficient (Wildman–Crippen LogP) is 6.86. The summed E-state index contributed by atoms with van der Waals surface area (Å²) in [6.45, 7) is 4.22. The van der Waals surface area contributed by atoms with E-state index in [1.54, 1.807) is 11.8 Å². The van der Waals surface area contributed by atoms with E-state index in [1.165, 1.54) is 20.9 Å². The number of rotatable bonds is 4. The van der Waals surface area contributed by atoms with E-state index in [9.17, 15) is 0 Å². The molecule has 120 valence electrons. The summed E-state index contributed by atoms with van der Waals surface area (Å²) in [7, 11) is 0. The summed E-state index contributed by atoms with van der Waals surface area (Å²) in [5, 5.41) is 0.761. The number of hydrogen-bond acceptors (Lipinski definition) is 2. The van der Waals surface area contributed by atoms with E-state index in [0.717, 1.165) is 16.3 Å². The molecule has 0 fully saturated rings. The molecule has 24 heavy (non-hydrogen) atoms. The van der Waals surface area contributed by atoms with Gasteiger partial charge in [-0.2, -0.15) is 0 Å². The number of benzene rings is 3. The highest BCUT2D eigenvalue weighted by Gasteiger charge is 1.98. The van der Waals surface area contributed by atoms with Gasteiger partial charge in [0.1, 0.15) is 0 Å². The zero-order valence-electron chi connectivity index (χ0n) is 13.7. The molecule has 1 nitrogen and oxygen atoms in total. The molecule has 0 bridgehead atoms. The van der Waals surface area contributed by atoms with E-state index < -0.39 is 0 Å². The average molecular weight is 352 g/mol. The third-order valence-corrected chi connectivity index (χ3v) is 5.05. The third kappa shape index (κ3) is 4.50. The monoisotopic (exact) mass is 351 g/mol. The number of aliphatic imine (C=N–C) groups is 1. The molecule has 0 aliphatic rings. The third-order valence-electron chi connectivity index (χ3n) is 3.78. The minimum Gasteiger partial charge on any atom is -0.256 e. The first-order valence-electron chi connectivity index (χ1n) is 7.75. The number of aryl methyl sites for hydroxylation is 2. The Bertz CT molecular complexity index is 852. The summed E-state index contributed by atoms with van der Waals surface area (Å²) in [5.74, 6) is 0. The van der Waals surface area contributed by atoms with Crippen LogP contribution in [-0.4, -0.2) is 6.21 Å². The summed E-state index contributed by atoms with van der Waals surface area (Å²) in [6.07, 6.45) is 1.90. The highest BCUT2D eigenvalue weighted by atomic mass is 35.5. The van der Waals surface area contributed by atoms with E-state index in [1.807, 2.05) is 36.5 Å². The van der Waals surface area contributed by atoms with Gasteiger partial charge in [0.25, 0.3) is 0 Å². The summed E-state index contributed by atoms with van der Waals surface area (Å²) in [6, 6.07) is 22.5. The molecule has 0 saturated heterocycles. The van der Waals surface area contributed by atoms with E-state index in [-0.39, 0.29) is 0 Å². The smallest absolute Gasteiger partial charge is 0.0632 e. The Morgan fingerprint density at radius 2 is 1.42 bits per heavy atom. The molecule has 0 unspecified atom stereocenters. The maximum atomic E-state index is 5.92. The Morgan fingerprint density at radius 1 is 0.792 bits per heavy atom. The first-order chi connectivity index (χ1) is 11.6. The van der Waals surface area contributed by atoms with Crippen LogP contribution in [0.5, 0.6) is 0 Å². The fourth-order valence-electron chi connectivity index (χ4n) is 2.22. The molecule has 3 rings (SSSR count). The van der Waals surface area contributed by atoms with Crippen LogP contribution in [0.15, 0.2) is 81.5 Å². The summed E-state index contributed by atoms with van der Waals surface area (Å²) >= 11 is 7.64. The lowest BCUT2D eigenvalue weighted by atomic mass is 10.1. The lowest BCUT2D eigenvalue weighted by molar-refractivity contribution is 1.33. The van der Waals surface area contributed by atoms with Crippen molar-refractivity contribution >= 4 is 35.3 Å². The largest absolute Gasteiger partial charge is 0.256 e. The Balaban J connectivity index is 1.68. The van der Waals surface area contributed by atoms with Crippen molar-refractivity contribution < 1.29 is 0 Å². The van der Waals surface area contributed by atoms with Crippen LogP contribution in [-0.2, 0) is 0 Å². The maximum Gasteiger partial charge on any atom is 0.0632 e. The van der Waals surface area contributed by atoms with Crippen LogP contribution < -0.4 is 0 Å². The van der Waals surface area contributed by atoms with Gasteiger partial charge in [-0.1, -0.05) is 41.6 Å². The quantitative estimate of drug-likeness (QED) is 0.468. The molecule has 3 aromatic rings. The molecule has 0 aliphatic carbocycles. The minimum absolute atomic E-state index is 0.761. The van der Waals surface area contributed by atoms with Crippen LogP contribution in [0, 0.1) is 13.8 Å². The van der Waals surface area contributed by atoms with Crippen LogP contribution in [0.3, 0.4) is 0 Å². The number of halogens is 1. The second kappa shape index (κ2) is 7.69. The normalized spacial score (nSPS) is 11.1. The molecular weight excluding hydrogens is 334 g/mol. The molecule has 0 atom stereocenters. The van der Waals surface area contributed by atoms with Crippen LogP contribution in [0.1, 0.15) is 16.7 Å². The van der Waals surface area contributed by atoms with Gasteiger partial charge in [0.2, 0.25) is 0 Å². The van der Waals surface area contributed by atoms with Gasteiger partial charge in [-0.15, -0.1) is 0 Å². The molecule has 0 spiro atoms. The summed E-state index contributed by atoms with van der Waals surface area (Å²) < 4.78 is 0. The highest BCUT2D eigenvalue weighted by molar-refractivity contribution is 7.99. The van der Waals surface area contributed by atoms with Crippen LogP contribution in [0.25, 0.3) is 0 Å². The van der Waals surface area contributed by atoms with Crippen molar-refractivity contribution in [3.63, 3.8) is 0 Å². The van der Waals surface area contributed by atoms with Crippen molar-refractivity contribution in [2.24, 2.45) is 4.99 Å². The topological polar surface area (TPSA) is 12.4 Å². The maximum absolute atomic E-state index is 5.92. The molecule has 0 aliphatic heterocycles. The van der Waals surface area contributed by atoms with Gasteiger partial charge >= 0.3 is 0 Å². The molecule has 3 heteroatoms. The van der Waals surface area contributed by atoms with Crippen molar-refractivity contribution in [1.82, 2.24) is 0 Å². The van der Waals surface area contributed by atoms with Gasteiger partial charge in [-0.05, 0) is 79.1 Å². The Hall–Kier alpha value is -2.03. The molecule has 0 N–H and O–H groups in total. The van der Waals surface area contributed by atoms with Crippen LogP contribution in [0.2, 0.25) is 5.02 Å². The molecule has 3 aromatic carbocycles. The molecule has 0 aromatic heterocycles. The van der Waals surface area contributed by atoms with E-state index in [0.29, 0.717) is 0 Å². The first-order valence-corrected chi connectivity index (χ1v) is 8.94. The molecular formula is C21H18ClNS. The highest BCUT2D eigenvalue weighted by Crippen LogP contribution is 2.28. The SMILES string of the molecule is Cc1ccc(N=Cc2ccc(Sc3ccc(Cl)cc3)cc2)cc1C. The van der Waals surface area contributed by atoms with Gasteiger partial charge in [0.05, 0.1) is 5.69 Å². The van der Waals surface area contributed by atoms with Crippen molar-refractivity contribution in [3.8, 4) is 0 Å². The number of nitrogens with zero attached hydrogens (tertiary/aromatic N) is 1. The lowest BCUT2D eigenvalue weighted by Crippen LogP contribution is -1.82. The Morgan fingerprint density at radius 3 is 2.04 bits per heavy atom. The summed E-state index contributed by atoms with van der Waals surface area (Å²) in [4.78, 5) is 6.93. The lowest BCUT2D eigenvalue weighted by Gasteiger charge is -2.03.